The molecule has 0 fully saturated rings. The number of halogens is 1. The van der Waals surface area contributed by atoms with Gasteiger partial charge in [-0.3, -0.25) is 10.1 Å². The molecule has 0 aliphatic carbocycles. The van der Waals surface area contributed by atoms with Gasteiger partial charge < -0.3 is 10.6 Å². The van der Waals surface area contributed by atoms with Crippen LogP contribution in [0.4, 0.5) is 21.5 Å². The summed E-state index contributed by atoms with van der Waals surface area (Å²) in [5.41, 5.74) is 1.52. The molecule has 6 heteroatoms. The van der Waals surface area contributed by atoms with E-state index in [0.717, 1.165) is 5.56 Å². The zero-order valence-corrected chi connectivity index (χ0v) is 11.8. The van der Waals surface area contributed by atoms with Crippen LogP contribution in [0, 0.1) is 15.9 Å². The number of benzene rings is 2. The van der Waals surface area contributed by atoms with Crippen LogP contribution in [-0.4, -0.2) is 12.0 Å². The average Bonchev–Trinajstić information content (AvgIpc) is 2.46. The van der Waals surface area contributed by atoms with Crippen molar-refractivity contribution in [3.05, 3.63) is 64.0 Å². The van der Waals surface area contributed by atoms with Crippen molar-refractivity contribution in [1.29, 1.82) is 0 Å². The van der Waals surface area contributed by atoms with Crippen molar-refractivity contribution in [2.24, 2.45) is 0 Å². The largest absolute Gasteiger partial charge is 0.382 e. The highest BCUT2D eigenvalue weighted by molar-refractivity contribution is 5.76. The van der Waals surface area contributed by atoms with E-state index in [9.17, 15) is 14.5 Å². The fourth-order valence-electron chi connectivity index (χ4n) is 2.15. The number of rotatable bonds is 5. The summed E-state index contributed by atoms with van der Waals surface area (Å²) in [6, 6.07) is 10.9. The second-order valence-corrected chi connectivity index (χ2v) is 4.63. The molecule has 0 amide bonds. The van der Waals surface area contributed by atoms with Crippen LogP contribution >= 0.6 is 0 Å². The molecular weight excluding hydrogens is 273 g/mol. The van der Waals surface area contributed by atoms with Crippen LogP contribution < -0.4 is 10.6 Å². The Bertz CT molecular complexity index is 661. The van der Waals surface area contributed by atoms with E-state index in [4.69, 9.17) is 0 Å². The number of hydrogen-bond donors (Lipinski definition) is 2. The Hall–Kier alpha value is -2.63. The molecule has 0 bridgehead atoms. The second kappa shape index (κ2) is 6.21. The number of hydrogen-bond acceptors (Lipinski definition) is 4. The Morgan fingerprint density at radius 1 is 1.19 bits per heavy atom. The molecule has 2 aromatic rings. The highest BCUT2D eigenvalue weighted by atomic mass is 19.1. The van der Waals surface area contributed by atoms with Crippen LogP contribution in [0.25, 0.3) is 0 Å². The molecule has 0 spiro atoms. The summed E-state index contributed by atoms with van der Waals surface area (Å²) in [6.07, 6.45) is 0. The molecule has 21 heavy (non-hydrogen) atoms. The molecule has 2 N–H and O–H groups in total. The number of nitro benzene ring substituents is 1. The summed E-state index contributed by atoms with van der Waals surface area (Å²) >= 11 is 0. The van der Waals surface area contributed by atoms with Crippen molar-refractivity contribution in [3.63, 3.8) is 0 Å². The maximum Gasteiger partial charge on any atom is 0.315 e. The Morgan fingerprint density at radius 3 is 2.48 bits per heavy atom. The van der Waals surface area contributed by atoms with Crippen molar-refractivity contribution >= 4 is 17.1 Å². The van der Waals surface area contributed by atoms with Gasteiger partial charge in [0, 0.05) is 13.1 Å². The highest BCUT2D eigenvalue weighted by Gasteiger charge is 2.20. The summed E-state index contributed by atoms with van der Waals surface area (Å²) in [5, 5.41) is 17.1. The normalized spacial score (nSPS) is 11.8. The monoisotopic (exact) mass is 289 g/mol. The smallest absolute Gasteiger partial charge is 0.315 e. The van der Waals surface area contributed by atoms with Crippen molar-refractivity contribution in [3.8, 4) is 0 Å². The van der Waals surface area contributed by atoms with Gasteiger partial charge in [-0.1, -0.05) is 18.2 Å². The van der Waals surface area contributed by atoms with Gasteiger partial charge in [0.2, 0.25) is 0 Å². The summed E-state index contributed by atoms with van der Waals surface area (Å²) in [6.45, 7) is 1.82. The molecule has 0 saturated heterocycles. The maximum absolute atomic E-state index is 13.2. The molecule has 0 aliphatic heterocycles. The van der Waals surface area contributed by atoms with Crippen LogP contribution in [0.2, 0.25) is 0 Å². The molecule has 1 unspecified atom stereocenters. The third kappa shape index (κ3) is 3.28. The van der Waals surface area contributed by atoms with E-state index in [1.807, 2.05) is 6.92 Å². The van der Waals surface area contributed by atoms with E-state index in [0.29, 0.717) is 11.4 Å². The lowest BCUT2D eigenvalue weighted by Gasteiger charge is -2.16. The number of nitrogens with one attached hydrogen (secondary N) is 2. The predicted octanol–water partition coefficient (Wildman–Crippen LogP) is 3.95. The molecule has 1 atom stereocenters. The first kappa shape index (κ1) is 14.8. The van der Waals surface area contributed by atoms with Crippen molar-refractivity contribution in [2.75, 3.05) is 17.7 Å². The van der Waals surface area contributed by atoms with E-state index in [1.54, 1.807) is 37.4 Å². The minimum atomic E-state index is -0.438. The number of para-hydroxylation sites is 1. The first-order valence-electron chi connectivity index (χ1n) is 6.50. The van der Waals surface area contributed by atoms with E-state index >= 15 is 0 Å². The zero-order chi connectivity index (χ0) is 15.4. The Balaban J connectivity index is 2.33. The van der Waals surface area contributed by atoms with Gasteiger partial charge in [-0.25, -0.2) is 4.39 Å². The van der Waals surface area contributed by atoms with Gasteiger partial charge in [0.15, 0.2) is 0 Å². The maximum atomic E-state index is 13.2. The molecule has 0 saturated carbocycles. The third-order valence-electron chi connectivity index (χ3n) is 3.21. The number of nitro groups is 1. The lowest BCUT2D eigenvalue weighted by molar-refractivity contribution is -0.383. The summed E-state index contributed by atoms with van der Waals surface area (Å²) in [4.78, 5) is 10.8. The van der Waals surface area contributed by atoms with E-state index in [1.165, 1.54) is 12.1 Å². The Morgan fingerprint density at radius 2 is 1.86 bits per heavy atom. The second-order valence-electron chi connectivity index (χ2n) is 4.63. The summed E-state index contributed by atoms with van der Waals surface area (Å²) in [5.74, 6) is -0.334. The quantitative estimate of drug-likeness (QED) is 0.646. The SMILES string of the molecule is CNc1cccc(NC(C)c2cccc(F)c2)c1[N+](=O)[O-]. The van der Waals surface area contributed by atoms with Gasteiger partial charge in [-0.05, 0) is 36.8 Å². The molecule has 2 aromatic carbocycles. The standard InChI is InChI=1S/C15H16FN3O2/c1-10(11-5-3-6-12(16)9-11)18-14-8-4-7-13(17-2)15(14)19(20)21/h3-10,17-18H,1-2H3. The zero-order valence-electron chi connectivity index (χ0n) is 11.8. The van der Waals surface area contributed by atoms with E-state index < -0.39 is 4.92 Å². The topological polar surface area (TPSA) is 67.2 Å². The van der Waals surface area contributed by atoms with Crippen LogP contribution in [-0.2, 0) is 0 Å². The molecule has 110 valence electrons. The predicted molar refractivity (Wildman–Crippen MR) is 81.1 cm³/mol. The summed E-state index contributed by atoms with van der Waals surface area (Å²) < 4.78 is 13.2. The Labute approximate surface area is 122 Å². The molecule has 0 aliphatic rings. The Kier molecular flexibility index (Phi) is 4.37. The van der Waals surface area contributed by atoms with Gasteiger partial charge in [-0.2, -0.15) is 0 Å². The van der Waals surface area contributed by atoms with Gasteiger partial charge >= 0.3 is 5.69 Å². The molecule has 0 radical (unpaired) electrons. The van der Waals surface area contributed by atoms with Crippen molar-refractivity contribution in [1.82, 2.24) is 0 Å². The molecule has 0 heterocycles. The van der Waals surface area contributed by atoms with Gasteiger partial charge in [0.05, 0.1) is 4.92 Å². The fraction of sp³-hybridized carbons (Fsp3) is 0.200. The van der Waals surface area contributed by atoms with E-state index in [2.05, 4.69) is 10.6 Å². The van der Waals surface area contributed by atoms with Crippen molar-refractivity contribution in [2.45, 2.75) is 13.0 Å². The lowest BCUT2D eigenvalue weighted by Crippen LogP contribution is -2.09. The van der Waals surface area contributed by atoms with Crippen LogP contribution in [0.1, 0.15) is 18.5 Å². The lowest BCUT2D eigenvalue weighted by atomic mass is 10.1. The minimum Gasteiger partial charge on any atom is -0.382 e. The van der Waals surface area contributed by atoms with Gasteiger partial charge in [0.25, 0.3) is 0 Å². The molecular formula is C15H16FN3O2. The van der Waals surface area contributed by atoms with E-state index in [-0.39, 0.29) is 17.5 Å². The molecule has 0 aromatic heterocycles. The minimum absolute atomic E-state index is 0.0248. The number of anilines is 2. The van der Waals surface area contributed by atoms with Crippen LogP contribution in [0.15, 0.2) is 42.5 Å². The first-order valence-corrected chi connectivity index (χ1v) is 6.50. The fourth-order valence-corrected chi connectivity index (χ4v) is 2.15. The summed E-state index contributed by atoms with van der Waals surface area (Å²) in [7, 11) is 1.63. The van der Waals surface area contributed by atoms with Gasteiger partial charge in [0.1, 0.15) is 17.2 Å². The third-order valence-corrected chi connectivity index (χ3v) is 3.21. The first-order chi connectivity index (χ1) is 10.0. The average molecular weight is 289 g/mol. The van der Waals surface area contributed by atoms with Crippen molar-refractivity contribution < 1.29 is 9.31 Å². The molecule has 2 rings (SSSR count). The highest BCUT2D eigenvalue weighted by Crippen LogP contribution is 2.34. The number of nitrogens with zero attached hydrogens (tertiary/aromatic N) is 1. The van der Waals surface area contributed by atoms with Gasteiger partial charge in [-0.15, -0.1) is 0 Å². The molecule has 5 nitrogen and oxygen atoms in total. The van der Waals surface area contributed by atoms with Crippen LogP contribution in [0.3, 0.4) is 0 Å². The van der Waals surface area contributed by atoms with Crippen LogP contribution in [0.5, 0.6) is 0 Å².